The highest BCUT2D eigenvalue weighted by Gasteiger charge is 2.13. The van der Waals surface area contributed by atoms with E-state index in [4.69, 9.17) is 9.47 Å². The van der Waals surface area contributed by atoms with Gasteiger partial charge in [-0.2, -0.15) is 0 Å². The second kappa shape index (κ2) is 14.5. The lowest BCUT2D eigenvalue weighted by Gasteiger charge is -2.22. The molecule has 170 valence electrons. The molecule has 0 spiro atoms. The molecular weight excluding hydrogens is 507 g/mol. The molecule has 1 atom stereocenters. The van der Waals surface area contributed by atoms with Crippen LogP contribution in [0.2, 0.25) is 0 Å². The van der Waals surface area contributed by atoms with Crippen molar-refractivity contribution in [2.45, 2.75) is 26.5 Å². The molecule has 0 aliphatic carbocycles. The van der Waals surface area contributed by atoms with Crippen molar-refractivity contribution in [1.82, 2.24) is 15.5 Å². The van der Waals surface area contributed by atoms with Gasteiger partial charge in [-0.25, -0.2) is 0 Å². The Morgan fingerprint density at radius 1 is 1.10 bits per heavy atom. The van der Waals surface area contributed by atoms with Crippen molar-refractivity contribution in [1.29, 1.82) is 0 Å². The van der Waals surface area contributed by atoms with Gasteiger partial charge in [0.1, 0.15) is 17.6 Å². The number of rotatable bonds is 10. The fraction of sp³-hybridized carbons (Fsp3) is 0.391. The number of guanidine groups is 1. The van der Waals surface area contributed by atoms with Crippen LogP contribution in [0.5, 0.6) is 11.5 Å². The fourth-order valence-electron chi connectivity index (χ4n) is 2.86. The number of ether oxygens (including phenoxy) is 2. The van der Waals surface area contributed by atoms with Crippen molar-refractivity contribution in [2.75, 3.05) is 33.8 Å². The number of methoxy groups -OCH3 is 1. The normalized spacial score (nSPS) is 11.7. The molecule has 0 aliphatic heterocycles. The van der Waals surface area contributed by atoms with Crippen LogP contribution in [0.25, 0.3) is 0 Å². The lowest BCUT2D eigenvalue weighted by Crippen LogP contribution is -2.46. The Kier molecular flexibility index (Phi) is 12.4. The van der Waals surface area contributed by atoms with Gasteiger partial charge < -0.3 is 25.0 Å². The molecule has 8 heteroatoms. The van der Waals surface area contributed by atoms with Gasteiger partial charge in [0, 0.05) is 26.2 Å². The maximum absolute atomic E-state index is 12.6. The predicted octanol–water partition coefficient (Wildman–Crippen LogP) is 3.29. The Hall–Kier alpha value is -2.49. The van der Waals surface area contributed by atoms with Crippen LogP contribution in [0, 0.1) is 0 Å². The minimum Gasteiger partial charge on any atom is -0.497 e. The summed E-state index contributed by atoms with van der Waals surface area (Å²) in [5.41, 5.74) is 1.11. The number of carbonyl (C=O) groups is 1. The number of hydrogen-bond acceptors (Lipinski definition) is 4. The summed E-state index contributed by atoms with van der Waals surface area (Å²) in [6.07, 6.45) is -0.100. The Bertz CT molecular complexity index is 817. The van der Waals surface area contributed by atoms with Crippen molar-refractivity contribution in [3.63, 3.8) is 0 Å². The van der Waals surface area contributed by atoms with Crippen LogP contribution in [0.4, 0.5) is 0 Å². The molecule has 0 aliphatic rings. The van der Waals surface area contributed by atoms with E-state index in [2.05, 4.69) is 15.6 Å². The number of carbonyl (C=O) groups excluding carboxylic acids is 1. The van der Waals surface area contributed by atoms with Crippen LogP contribution in [-0.4, -0.2) is 56.7 Å². The van der Waals surface area contributed by atoms with E-state index >= 15 is 0 Å². The second-order valence-corrected chi connectivity index (χ2v) is 6.81. The summed E-state index contributed by atoms with van der Waals surface area (Å²) in [4.78, 5) is 18.6. The van der Waals surface area contributed by atoms with Crippen LogP contribution in [0.3, 0.4) is 0 Å². The molecule has 1 amide bonds. The third-order valence-electron chi connectivity index (χ3n) is 4.52. The van der Waals surface area contributed by atoms with E-state index in [1.807, 2.05) is 73.3 Å². The van der Waals surface area contributed by atoms with E-state index in [1.165, 1.54) is 0 Å². The highest BCUT2D eigenvalue weighted by Crippen LogP contribution is 2.19. The maximum Gasteiger partial charge on any atom is 0.242 e. The third-order valence-corrected chi connectivity index (χ3v) is 4.52. The summed E-state index contributed by atoms with van der Waals surface area (Å²) >= 11 is 0. The molecule has 0 heterocycles. The first-order valence-corrected chi connectivity index (χ1v) is 10.1. The summed E-state index contributed by atoms with van der Waals surface area (Å²) in [6, 6.07) is 17.5. The molecular formula is C23H33IN4O3. The Balaban J connectivity index is 0.00000480. The number of hydrogen-bond donors (Lipinski definition) is 2. The third kappa shape index (κ3) is 9.46. The largest absolute Gasteiger partial charge is 0.497 e. The van der Waals surface area contributed by atoms with Gasteiger partial charge in [-0.05, 0) is 31.5 Å². The zero-order valence-electron chi connectivity index (χ0n) is 18.6. The molecule has 2 rings (SSSR count). The lowest BCUT2D eigenvalue weighted by atomic mass is 10.2. The summed E-state index contributed by atoms with van der Waals surface area (Å²) in [7, 11) is 3.30. The number of amides is 1. The highest BCUT2D eigenvalue weighted by molar-refractivity contribution is 14.0. The molecule has 2 aromatic rings. The SMILES string of the molecule is CCN(Cc1ccccc1)C(=O)CNC(=NC)NCC(C)Oc1cccc(OC)c1.I. The number of aliphatic imine (C=N–C) groups is 1. The average molecular weight is 540 g/mol. The lowest BCUT2D eigenvalue weighted by molar-refractivity contribution is -0.130. The Morgan fingerprint density at radius 3 is 2.45 bits per heavy atom. The van der Waals surface area contributed by atoms with Gasteiger partial charge in [-0.1, -0.05) is 36.4 Å². The number of likely N-dealkylation sites (N-methyl/N-ethyl adjacent to an activating group) is 1. The molecule has 0 radical (unpaired) electrons. The smallest absolute Gasteiger partial charge is 0.242 e. The van der Waals surface area contributed by atoms with Crippen LogP contribution < -0.4 is 20.1 Å². The quantitative estimate of drug-likeness (QED) is 0.275. The summed E-state index contributed by atoms with van der Waals surface area (Å²) in [5, 5.41) is 6.27. The summed E-state index contributed by atoms with van der Waals surface area (Å²) in [6.45, 7) is 5.88. The van der Waals surface area contributed by atoms with Crippen LogP contribution >= 0.6 is 24.0 Å². The highest BCUT2D eigenvalue weighted by atomic mass is 127. The number of nitrogens with one attached hydrogen (secondary N) is 2. The van der Waals surface area contributed by atoms with Crippen LogP contribution in [-0.2, 0) is 11.3 Å². The van der Waals surface area contributed by atoms with Gasteiger partial charge in [0.05, 0.1) is 20.2 Å². The molecule has 0 saturated carbocycles. The molecule has 0 bridgehead atoms. The molecule has 7 nitrogen and oxygen atoms in total. The second-order valence-electron chi connectivity index (χ2n) is 6.81. The maximum atomic E-state index is 12.6. The van der Waals surface area contributed by atoms with Crippen molar-refractivity contribution < 1.29 is 14.3 Å². The fourth-order valence-corrected chi connectivity index (χ4v) is 2.86. The van der Waals surface area contributed by atoms with Gasteiger partial charge >= 0.3 is 0 Å². The van der Waals surface area contributed by atoms with Crippen molar-refractivity contribution in [2.24, 2.45) is 4.99 Å². The van der Waals surface area contributed by atoms with Gasteiger partial charge in [0.25, 0.3) is 0 Å². The van der Waals surface area contributed by atoms with E-state index in [0.717, 1.165) is 17.1 Å². The molecule has 0 aromatic heterocycles. The number of nitrogens with zero attached hydrogens (tertiary/aromatic N) is 2. The van der Waals surface area contributed by atoms with Crippen LogP contribution in [0.1, 0.15) is 19.4 Å². The molecule has 2 N–H and O–H groups in total. The Labute approximate surface area is 202 Å². The molecule has 1 unspecified atom stereocenters. The molecule has 2 aromatic carbocycles. The monoisotopic (exact) mass is 540 g/mol. The molecule has 0 fully saturated rings. The van der Waals surface area contributed by atoms with Crippen molar-refractivity contribution >= 4 is 35.8 Å². The van der Waals surface area contributed by atoms with Gasteiger partial charge in [0.2, 0.25) is 5.91 Å². The van der Waals surface area contributed by atoms with Gasteiger partial charge in [-0.3, -0.25) is 9.79 Å². The molecule has 31 heavy (non-hydrogen) atoms. The van der Waals surface area contributed by atoms with Gasteiger partial charge in [-0.15, -0.1) is 24.0 Å². The minimum absolute atomic E-state index is 0. The number of benzene rings is 2. The summed E-state index contributed by atoms with van der Waals surface area (Å²) in [5.74, 6) is 2.06. The van der Waals surface area contributed by atoms with E-state index in [-0.39, 0.29) is 42.5 Å². The first-order chi connectivity index (χ1) is 14.5. The summed E-state index contributed by atoms with van der Waals surface area (Å²) < 4.78 is 11.1. The van der Waals surface area contributed by atoms with Crippen molar-refractivity contribution in [3.8, 4) is 11.5 Å². The standard InChI is InChI=1S/C23H32N4O3.HI/c1-5-27(17-19-10-7-6-8-11-19)22(28)16-26-23(24-3)25-15-18(2)30-21-13-9-12-20(14-21)29-4;/h6-14,18H,5,15-17H2,1-4H3,(H2,24,25,26);1H. The zero-order valence-corrected chi connectivity index (χ0v) is 21.0. The first-order valence-electron chi connectivity index (χ1n) is 10.1. The minimum atomic E-state index is -0.100. The van der Waals surface area contributed by atoms with Crippen LogP contribution in [0.15, 0.2) is 59.6 Å². The van der Waals surface area contributed by atoms with Gasteiger partial charge in [0.15, 0.2) is 5.96 Å². The molecule has 0 saturated heterocycles. The number of halogens is 1. The van der Waals surface area contributed by atoms with Crippen molar-refractivity contribution in [3.05, 3.63) is 60.2 Å². The zero-order chi connectivity index (χ0) is 21.8. The van der Waals surface area contributed by atoms with E-state index in [1.54, 1.807) is 14.2 Å². The topological polar surface area (TPSA) is 75.2 Å². The van der Waals surface area contributed by atoms with E-state index < -0.39 is 0 Å². The van der Waals surface area contributed by atoms with E-state index in [0.29, 0.717) is 25.6 Å². The Morgan fingerprint density at radius 2 is 1.81 bits per heavy atom. The average Bonchev–Trinajstić information content (AvgIpc) is 2.78. The predicted molar refractivity (Wildman–Crippen MR) is 135 cm³/mol. The first kappa shape index (κ1) is 26.5. The van der Waals surface area contributed by atoms with E-state index in [9.17, 15) is 4.79 Å².